The van der Waals surface area contributed by atoms with Crippen LogP contribution in [-0.2, 0) is 0 Å². The van der Waals surface area contributed by atoms with E-state index in [1.54, 1.807) is 0 Å². The highest BCUT2D eigenvalue weighted by Gasteiger charge is 2.34. The predicted octanol–water partition coefficient (Wildman–Crippen LogP) is 2.10. The highest BCUT2D eigenvalue weighted by Crippen LogP contribution is 2.39. The molecule has 1 aromatic rings. The van der Waals surface area contributed by atoms with Crippen molar-refractivity contribution in [3.8, 4) is 11.8 Å². The number of nitrogens with zero attached hydrogens (tertiary/aromatic N) is 1. The third kappa shape index (κ3) is 2.35. The molecular weight excluding hydrogens is 259 g/mol. The lowest BCUT2D eigenvalue weighted by Gasteiger charge is -2.27. The van der Waals surface area contributed by atoms with E-state index in [4.69, 9.17) is 10.00 Å². The van der Waals surface area contributed by atoms with Crippen LogP contribution in [0.4, 0.5) is 0 Å². The molecule has 0 aliphatic carbocycles. The van der Waals surface area contributed by atoms with Crippen molar-refractivity contribution in [2.75, 3.05) is 19.7 Å². The van der Waals surface area contributed by atoms with Crippen molar-refractivity contribution in [3.05, 3.63) is 29.3 Å². The van der Waals surface area contributed by atoms with Gasteiger partial charge in [-0.2, -0.15) is 5.26 Å². The first-order chi connectivity index (χ1) is 7.38. The molecule has 2 unspecified atom stereocenters. The Balaban J connectivity index is 0.000000722. The summed E-state index contributed by atoms with van der Waals surface area (Å²) >= 11 is 0. The number of benzene rings is 1. The summed E-state index contributed by atoms with van der Waals surface area (Å²) in [6.45, 7) is 2.84. The van der Waals surface area contributed by atoms with Crippen molar-refractivity contribution in [1.82, 2.24) is 5.32 Å². The molecule has 3 rings (SSSR count). The fraction of sp³-hybridized carbons (Fsp3) is 0.417. The van der Waals surface area contributed by atoms with Gasteiger partial charge in [0.1, 0.15) is 5.75 Å². The van der Waals surface area contributed by atoms with Gasteiger partial charge in [0.05, 0.1) is 18.2 Å². The van der Waals surface area contributed by atoms with Crippen LogP contribution >= 0.6 is 24.8 Å². The highest BCUT2D eigenvalue weighted by atomic mass is 35.5. The first-order valence-corrected chi connectivity index (χ1v) is 5.26. The van der Waals surface area contributed by atoms with Crippen LogP contribution in [0.1, 0.15) is 17.0 Å². The zero-order valence-electron chi connectivity index (χ0n) is 9.18. The van der Waals surface area contributed by atoms with E-state index >= 15 is 0 Å². The van der Waals surface area contributed by atoms with E-state index in [1.165, 1.54) is 5.56 Å². The van der Waals surface area contributed by atoms with E-state index < -0.39 is 0 Å². The van der Waals surface area contributed by atoms with Crippen LogP contribution in [0.3, 0.4) is 0 Å². The number of rotatable bonds is 0. The molecule has 0 aromatic heterocycles. The van der Waals surface area contributed by atoms with Crippen molar-refractivity contribution in [2.24, 2.45) is 5.92 Å². The molecule has 0 spiro atoms. The van der Waals surface area contributed by atoms with Gasteiger partial charge < -0.3 is 10.1 Å². The number of nitrogens with one attached hydrogen (secondary N) is 1. The first-order valence-electron chi connectivity index (χ1n) is 5.26. The molecule has 1 saturated heterocycles. The quantitative estimate of drug-likeness (QED) is 0.787. The first kappa shape index (κ1) is 14.1. The summed E-state index contributed by atoms with van der Waals surface area (Å²) < 4.78 is 5.69. The van der Waals surface area contributed by atoms with Gasteiger partial charge in [-0.1, -0.05) is 0 Å². The van der Waals surface area contributed by atoms with Gasteiger partial charge in [0, 0.05) is 30.5 Å². The molecule has 17 heavy (non-hydrogen) atoms. The molecule has 5 heteroatoms. The third-order valence-electron chi connectivity index (χ3n) is 3.33. The minimum Gasteiger partial charge on any atom is -0.493 e. The Bertz CT molecular complexity index is 445. The Kier molecular flexibility index (Phi) is 4.64. The second-order valence-electron chi connectivity index (χ2n) is 4.20. The summed E-state index contributed by atoms with van der Waals surface area (Å²) in [6.07, 6.45) is 0. The highest BCUT2D eigenvalue weighted by molar-refractivity contribution is 5.85. The number of hydrogen-bond acceptors (Lipinski definition) is 3. The Morgan fingerprint density at radius 3 is 2.88 bits per heavy atom. The average Bonchev–Trinajstić information content (AvgIpc) is 2.76. The fourth-order valence-corrected chi connectivity index (χ4v) is 2.51. The van der Waals surface area contributed by atoms with E-state index in [0.29, 0.717) is 11.8 Å². The summed E-state index contributed by atoms with van der Waals surface area (Å²) in [7, 11) is 0. The Labute approximate surface area is 113 Å². The molecule has 3 nitrogen and oxygen atoms in total. The van der Waals surface area contributed by atoms with E-state index in [1.807, 2.05) is 18.2 Å². The maximum Gasteiger partial charge on any atom is 0.122 e. The number of halogens is 2. The summed E-state index contributed by atoms with van der Waals surface area (Å²) in [5.74, 6) is 2.06. The van der Waals surface area contributed by atoms with Crippen molar-refractivity contribution >= 4 is 24.8 Å². The van der Waals surface area contributed by atoms with Crippen molar-refractivity contribution in [3.63, 3.8) is 0 Å². The fourth-order valence-electron chi connectivity index (χ4n) is 2.51. The SMILES string of the molecule is Cl.Cl.N#Cc1ccc2c(c1)C1CNCC1CO2. The van der Waals surface area contributed by atoms with Crippen molar-refractivity contribution in [2.45, 2.75) is 5.92 Å². The van der Waals surface area contributed by atoms with E-state index in [9.17, 15) is 0 Å². The zero-order valence-corrected chi connectivity index (χ0v) is 10.8. The average molecular weight is 273 g/mol. The van der Waals surface area contributed by atoms with Crippen LogP contribution in [-0.4, -0.2) is 19.7 Å². The number of nitriles is 1. The maximum atomic E-state index is 8.87. The molecule has 2 aliphatic rings. The molecule has 1 aromatic carbocycles. The lowest BCUT2D eigenvalue weighted by molar-refractivity contribution is 0.219. The zero-order chi connectivity index (χ0) is 10.3. The summed E-state index contributed by atoms with van der Waals surface area (Å²) in [6, 6.07) is 7.89. The van der Waals surface area contributed by atoms with Gasteiger partial charge in [-0.25, -0.2) is 0 Å². The van der Waals surface area contributed by atoms with Crippen molar-refractivity contribution in [1.29, 1.82) is 5.26 Å². The molecule has 1 fully saturated rings. The summed E-state index contributed by atoms with van der Waals surface area (Å²) in [5, 5.41) is 12.3. The van der Waals surface area contributed by atoms with Gasteiger partial charge >= 0.3 is 0 Å². The molecular formula is C12H14Cl2N2O. The smallest absolute Gasteiger partial charge is 0.122 e. The third-order valence-corrected chi connectivity index (χ3v) is 3.33. The maximum absolute atomic E-state index is 8.87. The minimum absolute atomic E-state index is 0. The van der Waals surface area contributed by atoms with Crippen LogP contribution in [0.15, 0.2) is 18.2 Å². The lowest BCUT2D eigenvalue weighted by atomic mass is 9.86. The molecule has 92 valence electrons. The molecule has 0 radical (unpaired) electrons. The molecule has 2 aliphatic heterocycles. The van der Waals surface area contributed by atoms with Crippen LogP contribution in [0.2, 0.25) is 0 Å². The van der Waals surface area contributed by atoms with Crippen LogP contribution in [0.5, 0.6) is 5.75 Å². The molecule has 0 bridgehead atoms. The Morgan fingerprint density at radius 2 is 2.12 bits per heavy atom. The van der Waals surface area contributed by atoms with Crippen LogP contribution in [0, 0.1) is 17.2 Å². The monoisotopic (exact) mass is 272 g/mol. The van der Waals surface area contributed by atoms with Gasteiger partial charge in [-0.05, 0) is 18.2 Å². The minimum atomic E-state index is 0. The normalized spacial score (nSPS) is 24.2. The summed E-state index contributed by atoms with van der Waals surface area (Å²) in [4.78, 5) is 0. The second-order valence-corrected chi connectivity index (χ2v) is 4.20. The van der Waals surface area contributed by atoms with Crippen molar-refractivity contribution < 1.29 is 4.74 Å². The molecule has 2 atom stereocenters. The molecule has 1 N–H and O–H groups in total. The topological polar surface area (TPSA) is 45.0 Å². The number of fused-ring (bicyclic) bond motifs is 3. The lowest BCUT2D eigenvalue weighted by Crippen LogP contribution is -2.24. The molecule has 2 heterocycles. The number of ether oxygens (including phenoxy) is 1. The van der Waals surface area contributed by atoms with E-state index in [0.717, 1.165) is 31.0 Å². The largest absolute Gasteiger partial charge is 0.493 e. The van der Waals surface area contributed by atoms with Gasteiger partial charge in [0.15, 0.2) is 0 Å². The predicted molar refractivity (Wildman–Crippen MR) is 70.2 cm³/mol. The van der Waals surface area contributed by atoms with Gasteiger partial charge in [-0.15, -0.1) is 24.8 Å². The molecule has 0 saturated carbocycles. The van der Waals surface area contributed by atoms with Gasteiger partial charge in [-0.3, -0.25) is 0 Å². The Hall–Kier alpha value is -0.950. The molecule has 0 amide bonds. The van der Waals surface area contributed by atoms with E-state index in [-0.39, 0.29) is 24.8 Å². The summed E-state index contributed by atoms with van der Waals surface area (Å²) in [5.41, 5.74) is 1.93. The Morgan fingerprint density at radius 1 is 1.29 bits per heavy atom. The van der Waals surface area contributed by atoms with Gasteiger partial charge in [0.2, 0.25) is 0 Å². The van der Waals surface area contributed by atoms with Crippen LogP contribution in [0.25, 0.3) is 0 Å². The number of hydrogen-bond donors (Lipinski definition) is 1. The standard InChI is InChI=1S/C12H12N2O.2ClH/c13-4-8-1-2-12-10(3-8)11-6-14-5-9(11)7-15-12;;/h1-3,9,11,14H,5-7H2;2*1H. The second kappa shape index (κ2) is 5.59. The van der Waals surface area contributed by atoms with Gasteiger partial charge in [0.25, 0.3) is 0 Å². The van der Waals surface area contributed by atoms with Crippen LogP contribution < -0.4 is 10.1 Å². The van der Waals surface area contributed by atoms with E-state index in [2.05, 4.69) is 11.4 Å².